The Hall–Kier alpha value is 0. The van der Waals surface area contributed by atoms with Gasteiger partial charge in [0, 0.05) is 0 Å². The molecular formula is C12H20. The first-order valence-electron chi connectivity index (χ1n) is 5.80. The van der Waals surface area contributed by atoms with Crippen molar-refractivity contribution in [1.29, 1.82) is 0 Å². The van der Waals surface area contributed by atoms with E-state index in [0.29, 0.717) is 0 Å². The molecule has 0 spiro atoms. The summed E-state index contributed by atoms with van der Waals surface area (Å²) in [6.45, 7) is 4.97. The molecule has 0 radical (unpaired) electrons. The van der Waals surface area contributed by atoms with E-state index in [1.165, 1.54) is 36.5 Å². The minimum Gasteiger partial charge on any atom is -0.0620 e. The average molecular weight is 164 g/mol. The van der Waals surface area contributed by atoms with Gasteiger partial charge in [-0.25, -0.2) is 0 Å². The summed E-state index contributed by atoms with van der Waals surface area (Å²) in [6.07, 6.45) is 6.21. The highest BCUT2D eigenvalue weighted by atomic mass is 14.7. The summed E-state index contributed by atoms with van der Waals surface area (Å²) >= 11 is 0. The zero-order valence-electron chi connectivity index (χ0n) is 8.29. The lowest BCUT2D eigenvalue weighted by molar-refractivity contribution is -0.206. The fourth-order valence-electron chi connectivity index (χ4n) is 4.61. The van der Waals surface area contributed by atoms with Gasteiger partial charge in [-0.3, -0.25) is 0 Å². The van der Waals surface area contributed by atoms with Crippen molar-refractivity contribution in [3.05, 3.63) is 0 Å². The minimum atomic E-state index is 1.06. The Morgan fingerprint density at radius 2 is 1.17 bits per heavy atom. The van der Waals surface area contributed by atoms with E-state index < -0.39 is 0 Å². The van der Waals surface area contributed by atoms with Crippen molar-refractivity contribution in [3.63, 3.8) is 0 Å². The molecule has 68 valence electrons. The van der Waals surface area contributed by atoms with Gasteiger partial charge in [-0.05, 0) is 48.3 Å². The Kier molecular flexibility index (Phi) is 1.40. The van der Waals surface area contributed by atoms with Gasteiger partial charge in [0.1, 0.15) is 0 Å². The first-order chi connectivity index (χ1) is 5.80. The molecule has 0 amide bonds. The average Bonchev–Trinajstić information content (AvgIpc) is 2.06. The van der Waals surface area contributed by atoms with Crippen molar-refractivity contribution in [2.45, 2.75) is 39.5 Å². The topological polar surface area (TPSA) is 0 Å². The number of hydrogen-bond acceptors (Lipinski definition) is 0. The monoisotopic (exact) mass is 164 g/mol. The molecule has 0 heterocycles. The largest absolute Gasteiger partial charge is 0.0620 e. The molecule has 3 fully saturated rings. The molecule has 3 aliphatic carbocycles. The van der Waals surface area contributed by atoms with Crippen LogP contribution < -0.4 is 0 Å². The Bertz CT molecular complexity index is 162. The first kappa shape index (κ1) is 7.41. The molecule has 0 saturated heterocycles. The molecular weight excluding hydrogens is 144 g/mol. The maximum atomic E-state index is 2.48. The molecule has 0 aromatic carbocycles. The predicted molar refractivity (Wildman–Crippen MR) is 50.8 cm³/mol. The van der Waals surface area contributed by atoms with Crippen LogP contribution in [0.1, 0.15) is 39.5 Å². The molecule has 3 aliphatic rings. The van der Waals surface area contributed by atoms with E-state index in [0.717, 1.165) is 11.8 Å². The predicted octanol–water partition coefficient (Wildman–Crippen LogP) is 3.32. The molecule has 12 heavy (non-hydrogen) atoms. The van der Waals surface area contributed by atoms with Gasteiger partial charge in [0.25, 0.3) is 0 Å². The molecule has 0 nitrogen and oxygen atoms in total. The summed E-state index contributed by atoms with van der Waals surface area (Å²) in [6, 6.07) is 0. The van der Waals surface area contributed by atoms with E-state index in [4.69, 9.17) is 0 Å². The van der Waals surface area contributed by atoms with Gasteiger partial charge in [0.2, 0.25) is 0 Å². The van der Waals surface area contributed by atoms with Gasteiger partial charge in [-0.1, -0.05) is 26.7 Å². The van der Waals surface area contributed by atoms with Crippen molar-refractivity contribution in [2.75, 3.05) is 0 Å². The molecule has 0 aliphatic heterocycles. The summed E-state index contributed by atoms with van der Waals surface area (Å²) in [4.78, 5) is 0. The Balaban J connectivity index is 1.76. The van der Waals surface area contributed by atoms with Crippen LogP contribution in [0.25, 0.3) is 0 Å². The summed E-state index contributed by atoms with van der Waals surface area (Å²) < 4.78 is 0. The van der Waals surface area contributed by atoms with Gasteiger partial charge in [-0.15, -0.1) is 0 Å². The van der Waals surface area contributed by atoms with E-state index in [9.17, 15) is 0 Å². The molecule has 0 heteroatoms. The maximum absolute atomic E-state index is 2.48. The van der Waals surface area contributed by atoms with Crippen molar-refractivity contribution >= 4 is 0 Å². The first-order valence-corrected chi connectivity index (χ1v) is 5.80. The summed E-state index contributed by atoms with van der Waals surface area (Å²) in [5, 5.41) is 0. The fourth-order valence-corrected chi connectivity index (χ4v) is 4.61. The molecule has 0 aromatic heterocycles. The van der Waals surface area contributed by atoms with Gasteiger partial charge >= 0.3 is 0 Å². The van der Waals surface area contributed by atoms with Crippen LogP contribution in [0.15, 0.2) is 0 Å². The van der Waals surface area contributed by atoms with Crippen LogP contribution >= 0.6 is 0 Å². The zero-order valence-corrected chi connectivity index (χ0v) is 8.29. The van der Waals surface area contributed by atoms with E-state index >= 15 is 0 Å². The Labute approximate surface area is 75.7 Å². The van der Waals surface area contributed by atoms with Crippen LogP contribution in [-0.2, 0) is 0 Å². The number of hydrogen-bond donors (Lipinski definition) is 0. The van der Waals surface area contributed by atoms with Crippen molar-refractivity contribution in [3.8, 4) is 0 Å². The standard InChI is InChI=1S/C12H20/c1-7-8(2)12-10-6-4-3-5-9(10)11(7)12/h7-12H,3-6H2,1-2H3. The summed E-state index contributed by atoms with van der Waals surface area (Å²) in [5.41, 5.74) is 0. The molecule has 6 atom stereocenters. The highest BCUT2D eigenvalue weighted by Crippen LogP contribution is 2.67. The molecule has 0 aromatic rings. The highest BCUT2D eigenvalue weighted by molar-refractivity contribution is 5.10. The van der Waals surface area contributed by atoms with Gasteiger partial charge in [0.05, 0.1) is 0 Å². The summed E-state index contributed by atoms with van der Waals surface area (Å²) in [5.74, 6) is 6.82. The third-order valence-corrected chi connectivity index (χ3v) is 5.35. The molecule has 3 saturated carbocycles. The van der Waals surface area contributed by atoms with E-state index in [-0.39, 0.29) is 0 Å². The van der Waals surface area contributed by atoms with Crippen LogP contribution in [-0.4, -0.2) is 0 Å². The zero-order chi connectivity index (χ0) is 8.29. The van der Waals surface area contributed by atoms with Crippen molar-refractivity contribution in [1.82, 2.24) is 0 Å². The fraction of sp³-hybridized carbons (Fsp3) is 1.00. The number of fused-ring (bicyclic) bond motifs is 4. The van der Waals surface area contributed by atoms with Gasteiger partial charge in [-0.2, -0.15) is 0 Å². The Morgan fingerprint density at radius 1 is 0.750 bits per heavy atom. The lowest BCUT2D eigenvalue weighted by Gasteiger charge is -2.68. The maximum Gasteiger partial charge on any atom is -0.0321 e. The normalized spacial score (nSPS) is 62.5. The third kappa shape index (κ3) is 0.661. The lowest BCUT2D eigenvalue weighted by Crippen LogP contribution is -2.63. The van der Waals surface area contributed by atoms with Crippen LogP contribution in [0.4, 0.5) is 0 Å². The molecule has 6 unspecified atom stereocenters. The molecule has 0 bridgehead atoms. The second-order valence-corrected chi connectivity index (χ2v) is 5.49. The second-order valence-electron chi connectivity index (χ2n) is 5.49. The highest BCUT2D eigenvalue weighted by Gasteiger charge is 2.62. The number of rotatable bonds is 0. The van der Waals surface area contributed by atoms with E-state index in [1.54, 1.807) is 12.8 Å². The quantitative estimate of drug-likeness (QED) is 0.515. The van der Waals surface area contributed by atoms with Crippen LogP contribution in [0.3, 0.4) is 0 Å². The van der Waals surface area contributed by atoms with E-state index in [2.05, 4.69) is 13.8 Å². The van der Waals surface area contributed by atoms with Crippen LogP contribution in [0, 0.1) is 35.5 Å². The van der Waals surface area contributed by atoms with Crippen molar-refractivity contribution < 1.29 is 0 Å². The van der Waals surface area contributed by atoms with Crippen LogP contribution in [0.2, 0.25) is 0 Å². The lowest BCUT2D eigenvalue weighted by atomic mass is 9.36. The molecule has 3 rings (SSSR count). The Morgan fingerprint density at radius 3 is 1.58 bits per heavy atom. The van der Waals surface area contributed by atoms with Crippen LogP contribution in [0.5, 0.6) is 0 Å². The molecule has 0 N–H and O–H groups in total. The SMILES string of the molecule is CC1C(C)C2C3CCCCC3C12. The van der Waals surface area contributed by atoms with Gasteiger partial charge < -0.3 is 0 Å². The second kappa shape index (κ2) is 2.27. The van der Waals surface area contributed by atoms with E-state index in [1.807, 2.05) is 0 Å². The summed E-state index contributed by atoms with van der Waals surface area (Å²) in [7, 11) is 0. The minimum absolute atomic E-state index is 1.06. The smallest absolute Gasteiger partial charge is 0.0321 e. The van der Waals surface area contributed by atoms with Gasteiger partial charge in [0.15, 0.2) is 0 Å². The van der Waals surface area contributed by atoms with Crippen molar-refractivity contribution in [2.24, 2.45) is 35.5 Å². The third-order valence-electron chi connectivity index (χ3n) is 5.35.